The number of primary amides is 1. The zero-order valence-electron chi connectivity index (χ0n) is 16.0. The second kappa shape index (κ2) is 7.81. The minimum absolute atomic E-state index is 0.0641. The van der Waals surface area contributed by atoms with Gasteiger partial charge in [-0.2, -0.15) is 0 Å². The number of nitrogens with zero attached hydrogens (tertiary/aromatic N) is 2. The molecule has 0 radical (unpaired) electrons. The van der Waals surface area contributed by atoms with Crippen LogP contribution in [0, 0.1) is 11.8 Å². The highest BCUT2D eigenvalue weighted by atomic mass is 16.2. The summed E-state index contributed by atoms with van der Waals surface area (Å²) in [5.41, 5.74) is 6.33. The van der Waals surface area contributed by atoms with Gasteiger partial charge in [-0.1, -0.05) is 30.3 Å². The van der Waals surface area contributed by atoms with Gasteiger partial charge >= 0.3 is 6.03 Å². The number of nitrogens with one attached hydrogen (secondary N) is 1. The summed E-state index contributed by atoms with van der Waals surface area (Å²) in [6.07, 6.45) is 4.44. The normalized spacial score (nSPS) is 29.2. The van der Waals surface area contributed by atoms with Gasteiger partial charge < -0.3 is 20.9 Å². The zero-order chi connectivity index (χ0) is 19.7. The van der Waals surface area contributed by atoms with Crippen LogP contribution in [-0.2, 0) is 16.0 Å². The Morgan fingerprint density at radius 3 is 2.64 bits per heavy atom. The maximum absolute atomic E-state index is 12.8. The minimum atomic E-state index is -0.684. The number of carbonyl (C=O) groups is 3. The topological polar surface area (TPSA) is 95.7 Å². The highest BCUT2D eigenvalue weighted by Gasteiger charge is 2.49. The SMILES string of the molecule is NC(=O)NCC(=O)N1C[C@H]2C[C@@H](C1)[C@H](Cc1ccccc1)N1C(=O)CCC[C@@H]21. The molecule has 3 heterocycles. The zero-order valence-corrected chi connectivity index (χ0v) is 16.0. The molecule has 0 aliphatic carbocycles. The molecule has 1 aromatic rings. The van der Waals surface area contributed by atoms with Crippen LogP contribution in [0.1, 0.15) is 31.2 Å². The molecule has 0 aromatic heterocycles. The molecule has 3 aliphatic heterocycles. The van der Waals surface area contributed by atoms with E-state index in [4.69, 9.17) is 5.73 Å². The predicted octanol–water partition coefficient (Wildman–Crippen LogP) is 1.13. The van der Waals surface area contributed by atoms with Crippen LogP contribution in [0.3, 0.4) is 0 Å². The number of benzene rings is 1. The van der Waals surface area contributed by atoms with E-state index in [0.717, 1.165) is 25.7 Å². The van der Waals surface area contributed by atoms with Crippen molar-refractivity contribution in [1.82, 2.24) is 15.1 Å². The van der Waals surface area contributed by atoms with Gasteiger partial charge in [0.2, 0.25) is 11.8 Å². The minimum Gasteiger partial charge on any atom is -0.352 e. The van der Waals surface area contributed by atoms with Crippen molar-refractivity contribution in [2.75, 3.05) is 19.6 Å². The molecule has 3 aliphatic rings. The van der Waals surface area contributed by atoms with Crippen LogP contribution in [0.4, 0.5) is 4.79 Å². The lowest BCUT2D eigenvalue weighted by Crippen LogP contribution is -2.66. The Morgan fingerprint density at radius 1 is 1.14 bits per heavy atom. The molecule has 1 aromatic carbocycles. The second-order valence-corrected chi connectivity index (χ2v) is 8.29. The number of amides is 4. The number of fused-ring (bicyclic) bond motifs is 4. The molecule has 3 fully saturated rings. The third kappa shape index (κ3) is 3.70. The first-order chi connectivity index (χ1) is 13.5. The van der Waals surface area contributed by atoms with Gasteiger partial charge in [0.1, 0.15) is 0 Å². The van der Waals surface area contributed by atoms with Crippen LogP contribution in [0.15, 0.2) is 30.3 Å². The molecule has 7 heteroatoms. The Kier molecular flexibility index (Phi) is 5.24. The summed E-state index contributed by atoms with van der Waals surface area (Å²) in [6.45, 7) is 1.22. The molecule has 2 bridgehead atoms. The van der Waals surface area contributed by atoms with Crippen LogP contribution in [0.2, 0.25) is 0 Å². The summed E-state index contributed by atoms with van der Waals surface area (Å²) < 4.78 is 0. The number of likely N-dealkylation sites (tertiary alicyclic amines) is 1. The van der Waals surface area contributed by atoms with Gasteiger partial charge in [-0.25, -0.2) is 4.79 Å². The number of rotatable bonds is 4. The molecule has 0 unspecified atom stereocenters. The summed E-state index contributed by atoms with van der Waals surface area (Å²) in [5.74, 6) is 0.743. The molecule has 3 N–H and O–H groups in total. The van der Waals surface area contributed by atoms with Gasteiger partial charge in [-0.15, -0.1) is 0 Å². The van der Waals surface area contributed by atoms with Crippen molar-refractivity contribution in [3.05, 3.63) is 35.9 Å². The van der Waals surface area contributed by atoms with Crippen LogP contribution in [-0.4, -0.2) is 59.4 Å². The van der Waals surface area contributed by atoms with Gasteiger partial charge in [0.25, 0.3) is 0 Å². The molecule has 7 nitrogen and oxygen atoms in total. The molecule has 0 saturated carbocycles. The van der Waals surface area contributed by atoms with E-state index in [2.05, 4.69) is 22.3 Å². The third-order valence-corrected chi connectivity index (χ3v) is 6.55. The summed E-state index contributed by atoms with van der Waals surface area (Å²) >= 11 is 0. The molecule has 3 saturated heterocycles. The molecule has 4 rings (SSSR count). The molecular weight excluding hydrogens is 356 g/mol. The van der Waals surface area contributed by atoms with Gasteiger partial charge in [-0.3, -0.25) is 9.59 Å². The number of nitrogens with two attached hydrogens (primary N) is 1. The average molecular weight is 384 g/mol. The van der Waals surface area contributed by atoms with Crippen LogP contribution in [0.25, 0.3) is 0 Å². The number of urea groups is 1. The van der Waals surface area contributed by atoms with E-state index >= 15 is 0 Å². The van der Waals surface area contributed by atoms with E-state index in [9.17, 15) is 14.4 Å². The van der Waals surface area contributed by atoms with E-state index in [-0.39, 0.29) is 36.4 Å². The largest absolute Gasteiger partial charge is 0.352 e. The Morgan fingerprint density at radius 2 is 1.89 bits per heavy atom. The number of carbonyl (C=O) groups excluding carboxylic acids is 3. The van der Waals surface area contributed by atoms with E-state index in [0.29, 0.717) is 25.4 Å². The maximum Gasteiger partial charge on any atom is 0.312 e. The van der Waals surface area contributed by atoms with Crippen molar-refractivity contribution < 1.29 is 14.4 Å². The van der Waals surface area contributed by atoms with Crippen molar-refractivity contribution in [2.24, 2.45) is 17.6 Å². The van der Waals surface area contributed by atoms with E-state index in [1.165, 1.54) is 5.56 Å². The monoisotopic (exact) mass is 384 g/mol. The average Bonchev–Trinajstić information content (AvgIpc) is 2.70. The van der Waals surface area contributed by atoms with Crippen LogP contribution >= 0.6 is 0 Å². The van der Waals surface area contributed by atoms with E-state index in [1.807, 2.05) is 23.1 Å². The fourth-order valence-corrected chi connectivity index (χ4v) is 5.37. The Labute approximate surface area is 165 Å². The van der Waals surface area contributed by atoms with Crippen LogP contribution < -0.4 is 11.1 Å². The van der Waals surface area contributed by atoms with Crippen molar-refractivity contribution >= 4 is 17.8 Å². The lowest BCUT2D eigenvalue weighted by Gasteiger charge is -2.56. The molecule has 0 spiro atoms. The van der Waals surface area contributed by atoms with Gasteiger partial charge in [-0.05, 0) is 43.1 Å². The third-order valence-electron chi connectivity index (χ3n) is 6.55. The lowest BCUT2D eigenvalue weighted by atomic mass is 9.70. The summed E-state index contributed by atoms with van der Waals surface area (Å²) in [4.78, 5) is 40.4. The van der Waals surface area contributed by atoms with Crippen molar-refractivity contribution in [3.8, 4) is 0 Å². The second-order valence-electron chi connectivity index (χ2n) is 8.29. The first-order valence-corrected chi connectivity index (χ1v) is 10.2. The van der Waals surface area contributed by atoms with Crippen LogP contribution in [0.5, 0.6) is 0 Å². The quantitative estimate of drug-likeness (QED) is 0.814. The van der Waals surface area contributed by atoms with E-state index in [1.54, 1.807) is 0 Å². The summed E-state index contributed by atoms with van der Waals surface area (Å²) in [6, 6.07) is 9.93. The number of hydrogen-bond donors (Lipinski definition) is 2. The first kappa shape index (κ1) is 18.8. The van der Waals surface area contributed by atoms with E-state index < -0.39 is 6.03 Å². The van der Waals surface area contributed by atoms with Crippen molar-refractivity contribution in [3.63, 3.8) is 0 Å². The lowest BCUT2D eigenvalue weighted by molar-refractivity contribution is -0.155. The number of piperidine rings is 3. The van der Waals surface area contributed by atoms with Crippen molar-refractivity contribution in [1.29, 1.82) is 0 Å². The molecular formula is C21H28N4O3. The van der Waals surface area contributed by atoms with Crippen molar-refractivity contribution in [2.45, 2.75) is 44.2 Å². The highest BCUT2D eigenvalue weighted by molar-refractivity contribution is 5.83. The number of hydrogen-bond acceptors (Lipinski definition) is 3. The predicted molar refractivity (Wildman–Crippen MR) is 104 cm³/mol. The molecule has 150 valence electrons. The molecule has 28 heavy (non-hydrogen) atoms. The highest BCUT2D eigenvalue weighted by Crippen LogP contribution is 2.42. The molecule has 4 amide bonds. The van der Waals surface area contributed by atoms with Gasteiger partial charge in [0, 0.05) is 31.6 Å². The smallest absolute Gasteiger partial charge is 0.312 e. The fourth-order valence-electron chi connectivity index (χ4n) is 5.37. The van der Waals surface area contributed by atoms with Gasteiger partial charge in [0.05, 0.1) is 6.54 Å². The maximum atomic E-state index is 12.8. The Bertz CT molecular complexity index is 753. The fraction of sp³-hybridized carbons (Fsp3) is 0.571. The summed E-state index contributed by atoms with van der Waals surface area (Å²) in [7, 11) is 0. The Hall–Kier alpha value is -2.57. The standard InChI is InChI=1S/C21H28N4O3/c22-21(28)23-11-20(27)24-12-15-10-16(13-24)18(9-14-5-2-1-3-6-14)25-17(15)7-4-8-19(25)26/h1-3,5-6,15-18H,4,7-13H2,(H3,22,23,28)/t15-,16+,17+,18+/m1/s1. The molecule has 4 atom stereocenters. The first-order valence-electron chi connectivity index (χ1n) is 10.2. The summed E-state index contributed by atoms with van der Waals surface area (Å²) in [5, 5.41) is 2.41. The van der Waals surface area contributed by atoms with Gasteiger partial charge in [0.15, 0.2) is 0 Å². The Balaban J connectivity index is 1.56.